The van der Waals surface area contributed by atoms with Crippen molar-refractivity contribution in [3.8, 4) is 0 Å². The largest absolute Gasteiger partial charge is 0.371 e. The normalized spacial score (nSPS) is 11.5. The molecule has 2 nitrogen and oxygen atoms in total. The average molecular weight is 214 g/mol. The van der Waals surface area contributed by atoms with Crippen LogP contribution in [0.1, 0.15) is 24.2 Å². The highest BCUT2D eigenvalue weighted by Gasteiger charge is 2.28. The van der Waals surface area contributed by atoms with Crippen molar-refractivity contribution in [3.63, 3.8) is 0 Å². The van der Waals surface area contributed by atoms with Gasteiger partial charge < -0.3 is 4.74 Å². The van der Waals surface area contributed by atoms with Crippen LogP contribution in [0.5, 0.6) is 0 Å². The van der Waals surface area contributed by atoms with Crippen molar-refractivity contribution >= 4 is 5.78 Å². The van der Waals surface area contributed by atoms with Gasteiger partial charge in [0.15, 0.2) is 17.4 Å². The molecule has 1 aromatic rings. The number of carbonyl (C=O) groups excluding carboxylic acids is 1. The summed E-state index contributed by atoms with van der Waals surface area (Å²) < 4.78 is 30.4. The molecule has 1 rings (SSSR count). The van der Waals surface area contributed by atoms with Crippen molar-refractivity contribution in [2.45, 2.75) is 19.4 Å². The number of ether oxygens (including phenoxy) is 1. The third-order valence-corrected chi connectivity index (χ3v) is 2.24. The van der Waals surface area contributed by atoms with Crippen LogP contribution in [0, 0.1) is 11.6 Å². The molecule has 0 fully saturated rings. The van der Waals surface area contributed by atoms with Crippen molar-refractivity contribution < 1.29 is 18.3 Å². The minimum absolute atomic E-state index is 0.0979. The highest BCUT2D eigenvalue weighted by atomic mass is 19.2. The highest BCUT2D eigenvalue weighted by molar-refractivity contribution is 6.01. The molecule has 15 heavy (non-hydrogen) atoms. The Labute approximate surface area is 86.9 Å². The molecule has 0 radical (unpaired) electrons. The molecule has 0 spiro atoms. The maximum Gasteiger partial charge on any atom is 0.194 e. The number of ketones is 1. The predicted octanol–water partition coefficient (Wildman–Crippen LogP) is 2.57. The van der Waals surface area contributed by atoms with E-state index in [-0.39, 0.29) is 11.3 Å². The van der Waals surface area contributed by atoms with E-state index in [9.17, 15) is 13.6 Å². The highest BCUT2D eigenvalue weighted by Crippen LogP contribution is 2.18. The lowest BCUT2D eigenvalue weighted by Crippen LogP contribution is -2.33. The van der Waals surface area contributed by atoms with Gasteiger partial charge in [-0.15, -0.1) is 0 Å². The average Bonchev–Trinajstić information content (AvgIpc) is 2.21. The van der Waals surface area contributed by atoms with Crippen LogP contribution in [0.4, 0.5) is 8.78 Å². The molecule has 0 amide bonds. The Balaban J connectivity index is 3.08. The molecule has 0 aliphatic carbocycles. The molecule has 0 saturated carbocycles. The first-order valence-electron chi connectivity index (χ1n) is 4.43. The molecular formula is C11H12F2O2. The fourth-order valence-corrected chi connectivity index (χ4v) is 1.08. The van der Waals surface area contributed by atoms with Crippen LogP contribution in [0.25, 0.3) is 0 Å². The summed E-state index contributed by atoms with van der Waals surface area (Å²) in [5, 5.41) is 0. The number of benzene rings is 1. The van der Waals surface area contributed by atoms with Gasteiger partial charge in [0, 0.05) is 12.7 Å². The van der Waals surface area contributed by atoms with E-state index in [0.717, 1.165) is 12.1 Å². The van der Waals surface area contributed by atoms with Gasteiger partial charge in [0.2, 0.25) is 0 Å². The van der Waals surface area contributed by atoms with Crippen molar-refractivity contribution in [2.75, 3.05) is 7.11 Å². The Morgan fingerprint density at radius 3 is 2.33 bits per heavy atom. The van der Waals surface area contributed by atoms with E-state index in [2.05, 4.69) is 0 Å². The number of Topliss-reactive ketones (excluding diaryl/α,β-unsaturated/α-hetero) is 1. The lowest BCUT2D eigenvalue weighted by atomic mass is 9.96. The molecule has 0 heterocycles. The van der Waals surface area contributed by atoms with Crippen LogP contribution in [0.2, 0.25) is 0 Å². The summed E-state index contributed by atoms with van der Waals surface area (Å²) in [5.74, 6) is -2.39. The smallest absolute Gasteiger partial charge is 0.194 e. The first kappa shape index (κ1) is 11.8. The quantitative estimate of drug-likeness (QED) is 0.723. The summed E-state index contributed by atoms with van der Waals surface area (Å²) in [7, 11) is 1.39. The van der Waals surface area contributed by atoms with E-state index in [1.807, 2.05) is 0 Å². The van der Waals surface area contributed by atoms with E-state index >= 15 is 0 Å². The fraction of sp³-hybridized carbons (Fsp3) is 0.364. The SMILES string of the molecule is COC(C)(C)C(=O)c1ccc(F)c(F)c1. The number of carbonyl (C=O) groups is 1. The molecule has 0 aliphatic rings. The number of methoxy groups -OCH3 is 1. The summed E-state index contributed by atoms with van der Waals surface area (Å²) >= 11 is 0. The summed E-state index contributed by atoms with van der Waals surface area (Å²) in [4.78, 5) is 11.7. The second-order valence-electron chi connectivity index (χ2n) is 3.67. The maximum absolute atomic E-state index is 12.9. The van der Waals surface area contributed by atoms with Gasteiger partial charge in [0.05, 0.1) is 0 Å². The second kappa shape index (κ2) is 4.06. The van der Waals surface area contributed by atoms with Crippen molar-refractivity contribution in [1.82, 2.24) is 0 Å². The lowest BCUT2D eigenvalue weighted by Gasteiger charge is -2.21. The molecule has 0 N–H and O–H groups in total. The Bertz CT molecular complexity index is 386. The summed E-state index contributed by atoms with van der Waals surface area (Å²) in [6.45, 7) is 3.13. The lowest BCUT2D eigenvalue weighted by molar-refractivity contribution is 0.0228. The van der Waals surface area contributed by atoms with Crippen LogP contribution >= 0.6 is 0 Å². The van der Waals surface area contributed by atoms with Gasteiger partial charge in [0.1, 0.15) is 5.60 Å². The molecule has 82 valence electrons. The molecule has 0 saturated heterocycles. The zero-order valence-corrected chi connectivity index (χ0v) is 8.80. The van der Waals surface area contributed by atoms with Crippen LogP contribution in [-0.4, -0.2) is 18.5 Å². The van der Waals surface area contributed by atoms with Gasteiger partial charge in [-0.05, 0) is 32.0 Å². The number of rotatable bonds is 3. The maximum atomic E-state index is 12.9. The minimum Gasteiger partial charge on any atom is -0.371 e. The van der Waals surface area contributed by atoms with Crippen LogP contribution in [0.15, 0.2) is 18.2 Å². The Morgan fingerprint density at radius 2 is 1.87 bits per heavy atom. The van der Waals surface area contributed by atoms with Gasteiger partial charge in [-0.1, -0.05) is 0 Å². The summed E-state index contributed by atoms with van der Waals surface area (Å²) in [5.41, 5.74) is -0.940. The van der Waals surface area contributed by atoms with Gasteiger partial charge in [-0.2, -0.15) is 0 Å². The predicted molar refractivity (Wildman–Crippen MR) is 51.8 cm³/mol. The standard InChI is InChI=1S/C11H12F2O2/c1-11(2,15-3)10(14)7-4-5-8(12)9(13)6-7/h4-6H,1-3H3. The third-order valence-electron chi connectivity index (χ3n) is 2.24. The monoisotopic (exact) mass is 214 g/mol. The Morgan fingerprint density at radius 1 is 1.27 bits per heavy atom. The van der Waals surface area contributed by atoms with Gasteiger partial charge in [-0.25, -0.2) is 8.78 Å². The summed E-state index contributed by atoms with van der Waals surface area (Å²) in [6.07, 6.45) is 0. The van der Waals surface area contributed by atoms with Gasteiger partial charge in [-0.3, -0.25) is 4.79 Å². The number of hydrogen-bond acceptors (Lipinski definition) is 2. The van der Waals surface area contributed by atoms with Gasteiger partial charge >= 0.3 is 0 Å². The zero-order chi connectivity index (χ0) is 11.6. The molecule has 0 aromatic heterocycles. The Hall–Kier alpha value is -1.29. The van der Waals surface area contributed by atoms with Crippen LogP contribution in [-0.2, 0) is 4.74 Å². The van der Waals surface area contributed by atoms with E-state index in [1.54, 1.807) is 13.8 Å². The molecular weight excluding hydrogens is 202 g/mol. The van der Waals surface area contributed by atoms with E-state index < -0.39 is 17.2 Å². The molecule has 0 unspecified atom stereocenters. The Kier molecular flexibility index (Phi) is 3.19. The van der Waals surface area contributed by atoms with Crippen molar-refractivity contribution in [3.05, 3.63) is 35.4 Å². The molecule has 0 bridgehead atoms. The fourth-order valence-electron chi connectivity index (χ4n) is 1.08. The van der Waals surface area contributed by atoms with Crippen LogP contribution in [0.3, 0.4) is 0 Å². The zero-order valence-electron chi connectivity index (χ0n) is 8.80. The molecule has 0 atom stereocenters. The minimum atomic E-state index is -1.04. The second-order valence-corrected chi connectivity index (χ2v) is 3.67. The first-order valence-corrected chi connectivity index (χ1v) is 4.43. The van der Waals surface area contributed by atoms with E-state index in [1.165, 1.54) is 13.2 Å². The first-order chi connectivity index (χ1) is 6.88. The van der Waals surface area contributed by atoms with E-state index in [0.29, 0.717) is 0 Å². The van der Waals surface area contributed by atoms with Crippen molar-refractivity contribution in [1.29, 1.82) is 0 Å². The number of hydrogen-bond donors (Lipinski definition) is 0. The summed E-state index contributed by atoms with van der Waals surface area (Å²) in [6, 6.07) is 3.04. The van der Waals surface area contributed by atoms with Crippen molar-refractivity contribution in [2.24, 2.45) is 0 Å². The van der Waals surface area contributed by atoms with E-state index in [4.69, 9.17) is 4.74 Å². The molecule has 4 heteroatoms. The molecule has 1 aromatic carbocycles. The topological polar surface area (TPSA) is 26.3 Å². The third kappa shape index (κ3) is 2.39. The van der Waals surface area contributed by atoms with Crippen LogP contribution < -0.4 is 0 Å². The number of halogens is 2. The molecule has 0 aliphatic heterocycles. The van der Waals surface area contributed by atoms with Gasteiger partial charge in [0.25, 0.3) is 0 Å².